The minimum absolute atomic E-state index is 0.834. The van der Waals surface area contributed by atoms with Crippen LogP contribution in [0.3, 0.4) is 0 Å². The van der Waals surface area contributed by atoms with Gasteiger partial charge in [0, 0.05) is 12.0 Å². The number of fused-ring (bicyclic) bond motifs is 1. The largest absolute Gasteiger partial charge is 0.462 e. The Labute approximate surface area is 134 Å². The lowest BCUT2D eigenvalue weighted by Crippen LogP contribution is -1.94. The molecule has 22 heavy (non-hydrogen) atoms. The third-order valence-electron chi connectivity index (χ3n) is 3.52. The van der Waals surface area contributed by atoms with E-state index in [-0.39, 0.29) is 0 Å². The molecule has 0 fully saturated rings. The number of rotatable bonds is 4. The monoisotopic (exact) mass is 292 g/mol. The summed E-state index contributed by atoms with van der Waals surface area (Å²) in [5.74, 6) is 1.79. The summed E-state index contributed by atoms with van der Waals surface area (Å²) in [5.41, 5.74) is 5.00. The van der Waals surface area contributed by atoms with E-state index in [0.29, 0.717) is 0 Å². The molecule has 0 spiro atoms. The van der Waals surface area contributed by atoms with Crippen LogP contribution in [-0.2, 0) is 19.3 Å². The number of hydrogen-bond acceptors (Lipinski definition) is 1. The van der Waals surface area contributed by atoms with Crippen LogP contribution in [0.4, 0.5) is 0 Å². The second-order valence-electron chi connectivity index (χ2n) is 5.35. The minimum atomic E-state index is 0.834. The molecule has 0 unspecified atom stereocenters. The molecule has 0 bridgehead atoms. The van der Waals surface area contributed by atoms with Gasteiger partial charge < -0.3 is 4.74 Å². The molecule has 0 aliphatic carbocycles. The van der Waals surface area contributed by atoms with Gasteiger partial charge in [0.15, 0.2) is 0 Å². The van der Waals surface area contributed by atoms with E-state index in [9.17, 15) is 0 Å². The van der Waals surface area contributed by atoms with Crippen molar-refractivity contribution in [2.24, 2.45) is 0 Å². The zero-order valence-corrected chi connectivity index (χ0v) is 13.6. The summed E-state index contributed by atoms with van der Waals surface area (Å²) < 4.78 is 5.62. The quantitative estimate of drug-likeness (QED) is 0.676. The van der Waals surface area contributed by atoms with Crippen molar-refractivity contribution in [3.05, 3.63) is 89.7 Å². The molecule has 2 aromatic rings. The molecule has 0 saturated heterocycles. The van der Waals surface area contributed by atoms with E-state index >= 15 is 0 Å². The summed E-state index contributed by atoms with van der Waals surface area (Å²) in [7, 11) is 0. The first-order valence-electron chi connectivity index (χ1n) is 7.89. The van der Waals surface area contributed by atoms with E-state index in [1.807, 2.05) is 19.9 Å². The Balaban J connectivity index is 0.000000847. The van der Waals surface area contributed by atoms with Crippen molar-refractivity contribution in [1.29, 1.82) is 0 Å². The van der Waals surface area contributed by atoms with Crippen LogP contribution in [-0.4, -0.2) is 0 Å². The van der Waals surface area contributed by atoms with Gasteiger partial charge in [-0.2, -0.15) is 0 Å². The molecule has 0 radical (unpaired) electrons. The molecule has 0 aromatic heterocycles. The van der Waals surface area contributed by atoms with Gasteiger partial charge >= 0.3 is 0 Å². The van der Waals surface area contributed by atoms with E-state index < -0.39 is 0 Å². The fourth-order valence-electron chi connectivity index (χ4n) is 2.59. The van der Waals surface area contributed by atoms with Crippen molar-refractivity contribution in [3.63, 3.8) is 0 Å². The van der Waals surface area contributed by atoms with Gasteiger partial charge in [-0.25, -0.2) is 0 Å². The van der Waals surface area contributed by atoms with Crippen LogP contribution in [0.25, 0.3) is 0 Å². The summed E-state index contributed by atoms with van der Waals surface area (Å²) in [4.78, 5) is 0. The van der Waals surface area contributed by atoms with E-state index in [1.165, 1.54) is 22.3 Å². The van der Waals surface area contributed by atoms with Crippen molar-refractivity contribution >= 4 is 0 Å². The summed E-state index contributed by atoms with van der Waals surface area (Å²) in [6.07, 6.45) is 2.64. The predicted molar refractivity (Wildman–Crippen MR) is 94.3 cm³/mol. The van der Waals surface area contributed by atoms with Gasteiger partial charge in [-0.1, -0.05) is 75.0 Å². The normalized spacial score (nSPS) is 12.0. The molecule has 0 saturated carbocycles. The van der Waals surface area contributed by atoms with Crippen LogP contribution < -0.4 is 4.74 Å². The Morgan fingerprint density at radius 1 is 1.00 bits per heavy atom. The molecule has 1 aliphatic heterocycles. The number of allylic oxidation sites excluding steroid dienone is 2. The average Bonchev–Trinajstić information content (AvgIpc) is 2.89. The van der Waals surface area contributed by atoms with Gasteiger partial charge in [-0.15, -0.1) is 0 Å². The summed E-state index contributed by atoms with van der Waals surface area (Å²) in [6.45, 7) is 12.1. The summed E-state index contributed by atoms with van der Waals surface area (Å²) >= 11 is 0. The second kappa shape index (κ2) is 7.65. The van der Waals surface area contributed by atoms with Crippen molar-refractivity contribution in [2.75, 3.05) is 0 Å². The maximum absolute atomic E-state index is 5.62. The molecule has 1 heteroatoms. The molecule has 1 nitrogen and oxygen atoms in total. The number of ether oxygens (including phenoxy) is 1. The van der Waals surface area contributed by atoms with Crippen molar-refractivity contribution in [2.45, 2.75) is 33.1 Å². The third kappa shape index (κ3) is 4.11. The van der Waals surface area contributed by atoms with Crippen LogP contribution in [0.5, 0.6) is 5.75 Å². The molecule has 3 rings (SSSR count). The highest BCUT2D eigenvalue weighted by Gasteiger charge is 2.15. The van der Waals surface area contributed by atoms with Crippen LogP contribution in [0.1, 0.15) is 30.5 Å². The van der Waals surface area contributed by atoms with Gasteiger partial charge in [0.2, 0.25) is 0 Å². The van der Waals surface area contributed by atoms with Crippen molar-refractivity contribution < 1.29 is 4.74 Å². The Morgan fingerprint density at radius 3 is 2.41 bits per heavy atom. The molecule has 1 aliphatic rings. The topological polar surface area (TPSA) is 9.23 Å². The Kier molecular flexibility index (Phi) is 5.60. The second-order valence-corrected chi connectivity index (χ2v) is 5.35. The Morgan fingerprint density at radius 2 is 1.68 bits per heavy atom. The molecule has 0 N–H and O–H groups in total. The first-order chi connectivity index (χ1) is 10.7. The summed E-state index contributed by atoms with van der Waals surface area (Å²) in [5, 5.41) is 0. The molecule has 114 valence electrons. The lowest BCUT2D eigenvalue weighted by Gasteiger charge is -2.08. The highest BCUT2D eigenvalue weighted by atomic mass is 16.5. The number of benzene rings is 2. The van der Waals surface area contributed by atoms with Gasteiger partial charge in [0.1, 0.15) is 11.5 Å². The third-order valence-corrected chi connectivity index (χ3v) is 3.52. The molecule has 0 atom stereocenters. The predicted octanol–water partition coefficient (Wildman–Crippen LogP) is 5.50. The average molecular weight is 292 g/mol. The first kappa shape index (κ1) is 16.1. The molecular formula is C21H24O. The lowest BCUT2D eigenvalue weighted by molar-refractivity contribution is 0.449. The summed E-state index contributed by atoms with van der Waals surface area (Å²) in [6, 6.07) is 16.9. The fourth-order valence-corrected chi connectivity index (χ4v) is 2.59. The van der Waals surface area contributed by atoms with Crippen molar-refractivity contribution in [1.82, 2.24) is 0 Å². The molecule has 1 heterocycles. The SMILES string of the molecule is C=C(Cc1ccccc1)Cc1ccc2c(c1)OC(=C)C2.CC. The van der Waals surface area contributed by atoms with E-state index in [4.69, 9.17) is 4.74 Å². The maximum atomic E-state index is 5.62. The fraction of sp³-hybridized carbons (Fsp3) is 0.238. The van der Waals surface area contributed by atoms with Crippen LogP contribution in [0.2, 0.25) is 0 Å². The maximum Gasteiger partial charge on any atom is 0.130 e. The zero-order valence-electron chi connectivity index (χ0n) is 13.6. The Bertz CT molecular complexity index is 653. The van der Waals surface area contributed by atoms with Crippen molar-refractivity contribution in [3.8, 4) is 5.75 Å². The lowest BCUT2D eigenvalue weighted by atomic mass is 9.98. The number of hydrogen-bond donors (Lipinski definition) is 0. The van der Waals surface area contributed by atoms with Crippen LogP contribution >= 0.6 is 0 Å². The van der Waals surface area contributed by atoms with Gasteiger partial charge in [0.25, 0.3) is 0 Å². The van der Waals surface area contributed by atoms with E-state index in [1.54, 1.807) is 0 Å². The zero-order chi connectivity index (χ0) is 15.9. The van der Waals surface area contributed by atoms with Crippen LogP contribution in [0, 0.1) is 0 Å². The van der Waals surface area contributed by atoms with E-state index in [0.717, 1.165) is 30.8 Å². The minimum Gasteiger partial charge on any atom is -0.462 e. The molecule has 2 aromatic carbocycles. The first-order valence-corrected chi connectivity index (χ1v) is 7.89. The highest BCUT2D eigenvalue weighted by molar-refractivity contribution is 5.44. The van der Waals surface area contributed by atoms with E-state index in [2.05, 4.69) is 55.6 Å². The molecular weight excluding hydrogens is 268 g/mol. The van der Waals surface area contributed by atoms with Gasteiger partial charge in [0.05, 0.1) is 0 Å². The van der Waals surface area contributed by atoms with Crippen LogP contribution in [0.15, 0.2) is 73.0 Å². The Hall–Kier alpha value is -2.28. The standard InChI is InChI=1S/C19H18O.C2H6/c1-14(10-16-6-4-3-5-7-16)11-17-8-9-18-12-15(2)20-19(18)13-17;1-2/h3-9,13H,1-2,10-12H2;1-2H3. The highest BCUT2D eigenvalue weighted by Crippen LogP contribution is 2.31. The van der Waals surface area contributed by atoms with Gasteiger partial charge in [-0.05, 0) is 30.0 Å². The molecule has 0 amide bonds. The smallest absolute Gasteiger partial charge is 0.130 e. The van der Waals surface area contributed by atoms with Gasteiger partial charge in [-0.3, -0.25) is 0 Å².